The zero-order valence-corrected chi connectivity index (χ0v) is 20.6. The normalized spacial score (nSPS) is 11.1. The summed E-state index contributed by atoms with van der Waals surface area (Å²) in [5.74, 6) is -1.98. The summed E-state index contributed by atoms with van der Waals surface area (Å²) in [6.07, 6.45) is 2.56. The van der Waals surface area contributed by atoms with Crippen LogP contribution in [0.2, 0.25) is 5.02 Å². The van der Waals surface area contributed by atoms with Crippen LogP contribution in [0.3, 0.4) is 0 Å². The first kappa shape index (κ1) is 24.0. The van der Waals surface area contributed by atoms with Crippen LogP contribution in [0.15, 0.2) is 84.4 Å². The first-order valence-electron chi connectivity index (χ1n) is 11.2. The average Bonchev–Trinajstić information content (AvgIpc) is 3.46. The number of halogens is 3. The lowest BCUT2D eigenvalue weighted by molar-refractivity contribution is 0.209. The van der Waals surface area contributed by atoms with Gasteiger partial charge in [0.15, 0.2) is 16.6 Å². The first-order valence-corrected chi connectivity index (χ1v) is 12.5. The third-order valence-electron chi connectivity index (χ3n) is 5.74. The van der Waals surface area contributed by atoms with Gasteiger partial charge in [-0.3, -0.25) is 4.40 Å². The Bertz CT molecular complexity index is 1500. The fourth-order valence-corrected chi connectivity index (χ4v) is 4.88. The van der Waals surface area contributed by atoms with Gasteiger partial charge in [0.05, 0.1) is 5.69 Å². The smallest absolute Gasteiger partial charge is 0.320 e. The molecule has 0 spiro atoms. The third-order valence-corrected chi connectivity index (χ3v) is 6.88. The van der Waals surface area contributed by atoms with E-state index >= 15 is 0 Å². The van der Waals surface area contributed by atoms with E-state index in [9.17, 15) is 13.6 Å². The molecule has 36 heavy (non-hydrogen) atoms. The van der Waals surface area contributed by atoms with E-state index in [0.29, 0.717) is 24.5 Å². The minimum absolute atomic E-state index is 0.192. The number of urea groups is 1. The quantitative estimate of drug-likeness (QED) is 0.244. The van der Waals surface area contributed by atoms with Crippen molar-refractivity contribution in [3.63, 3.8) is 0 Å². The molecular weight excluding hydrogens is 502 g/mol. The number of hydrogen-bond donors (Lipinski definition) is 1. The van der Waals surface area contributed by atoms with E-state index in [2.05, 4.69) is 5.32 Å². The highest BCUT2D eigenvalue weighted by Crippen LogP contribution is 2.25. The maximum atomic E-state index is 13.7. The van der Waals surface area contributed by atoms with Gasteiger partial charge in [-0.1, -0.05) is 54.1 Å². The lowest BCUT2D eigenvalue weighted by Gasteiger charge is -2.23. The molecule has 0 fully saturated rings. The molecule has 9 heteroatoms. The Morgan fingerprint density at radius 1 is 1.03 bits per heavy atom. The number of fused-ring (bicyclic) bond motifs is 1. The van der Waals surface area contributed by atoms with Gasteiger partial charge in [0, 0.05) is 59.1 Å². The first-order chi connectivity index (χ1) is 17.5. The van der Waals surface area contributed by atoms with E-state index in [4.69, 9.17) is 16.6 Å². The number of hydrogen-bond acceptors (Lipinski definition) is 3. The maximum Gasteiger partial charge on any atom is 0.322 e. The van der Waals surface area contributed by atoms with Crippen LogP contribution >= 0.6 is 22.9 Å². The largest absolute Gasteiger partial charge is 0.322 e. The maximum absolute atomic E-state index is 13.7. The molecule has 2 heterocycles. The van der Waals surface area contributed by atoms with Gasteiger partial charge in [0.1, 0.15) is 0 Å². The number of thiazole rings is 1. The summed E-state index contributed by atoms with van der Waals surface area (Å²) in [4.78, 5) is 20.3. The van der Waals surface area contributed by atoms with E-state index in [0.717, 1.165) is 39.6 Å². The summed E-state index contributed by atoms with van der Waals surface area (Å²) >= 11 is 7.54. The second kappa shape index (κ2) is 10.5. The van der Waals surface area contributed by atoms with Crippen molar-refractivity contribution in [1.82, 2.24) is 14.3 Å². The van der Waals surface area contributed by atoms with Crippen molar-refractivity contribution in [2.24, 2.45) is 0 Å². The van der Waals surface area contributed by atoms with E-state index < -0.39 is 17.7 Å². The van der Waals surface area contributed by atoms with Crippen LogP contribution in [0.4, 0.5) is 19.3 Å². The molecule has 0 aliphatic rings. The number of nitrogens with one attached hydrogen (secondary N) is 1. The van der Waals surface area contributed by atoms with Crippen LogP contribution in [0, 0.1) is 11.6 Å². The SMILES string of the molecule is O=C(Nc1ccc(F)c(F)c1)N(CCc1csc2nc(-c3ccc(Cl)cc3)cn12)Cc1ccccc1. The van der Waals surface area contributed by atoms with Gasteiger partial charge < -0.3 is 10.2 Å². The molecule has 0 radical (unpaired) electrons. The molecule has 3 aromatic carbocycles. The predicted octanol–water partition coefficient (Wildman–Crippen LogP) is 7.27. The van der Waals surface area contributed by atoms with Crippen LogP contribution < -0.4 is 5.32 Å². The molecule has 1 N–H and O–H groups in total. The summed E-state index contributed by atoms with van der Waals surface area (Å²) in [5, 5.41) is 5.38. The van der Waals surface area contributed by atoms with Crippen molar-refractivity contribution in [2.75, 3.05) is 11.9 Å². The average molecular weight is 523 g/mol. The van der Waals surface area contributed by atoms with Crippen molar-refractivity contribution in [1.29, 1.82) is 0 Å². The Balaban J connectivity index is 1.35. The fourth-order valence-electron chi connectivity index (χ4n) is 3.85. The Labute approximate surface area is 215 Å². The van der Waals surface area contributed by atoms with E-state index in [-0.39, 0.29) is 5.69 Å². The summed E-state index contributed by atoms with van der Waals surface area (Å²) in [5.41, 5.74) is 3.98. The lowest BCUT2D eigenvalue weighted by atomic mass is 10.2. The summed E-state index contributed by atoms with van der Waals surface area (Å²) in [7, 11) is 0. The molecule has 182 valence electrons. The number of amides is 2. The molecule has 2 aromatic heterocycles. The van der Waals surface area contributed by atoms with Gasteiger partial charge in [-0.05, 0) is 29.8 Å². The molecule has 5 rings (SSSR count). The lowest BCUT2D eigenvalue weighted by Crippen LogP contribution is -2.36. The van der Waals surface area contributed by atoms with Gasteiger partial charge in [-0.15, -0.1) is 11.3 Å². The number of carbonyl (C=O) groups is 1. The minimum atomic E-state index is -1.01. The number of anilines is 1. The van der Waals surface area contributed by atoms with Gasteiger partial charge >= 0.3 is 6.03 Å². The van der Waals surface area contributed by atoms with Crippen LogP contribution in [-0.4, -0.2) is 26.9 Å². The van der Waals surface area contributed by atoms with Crippen molar-refractivity contribution >= 4 is 39.6 Å². The number of benzene rings is 3. The highest BCUT2D eigenvalue weighted by Gasteiger charge is 2.17. The van der Waals surface area contributed by atoms with E-state index in [1.807, 2.05) is 70.6 Å². The number of nitrogens with zero attached hydrogens (tertiary/aromatic N) is 3. The molecule has 0 unspecified atom stereocenters. The molecular formula is C27H21ClF2N4OS. The molecule has 0 saturated heterocycles. The molecule has 0 aliphatic carbocycles. The zero-order valence-electron chi connectivity index (χ0n) is 19.0. The van der Waals surface area contributed by atoms with Gasteiger partial charge in [-0.2, -0.15) is 0 Å². The topological polar surface area (TPSA) is 49.6 Å². The highest BCUT2D eigenvalue weighted by molar-refractivity contribution is 7.15. The van der Waals surface area contributed by atoms with Crippen molar-refractivity contribution in [2.45, 2.75) is 13.0 Å². The zero-order chi connectivity index (χ0) is 25.1. The number of carbonyl (C=O) groups excluding carboxylic acids is 1. The Morgan fingerprint density at radius 3 is 2.56 bits per heavy atom. The highest BCUT2D eigenvalue weighted by atomic mass is 35.5. The second-order valence-corrected chi connectivity index (χ2v) is 9.50. The molecule has 0 bridgehead atoms. The fraction of sp³-hybridized carbons (Fsp3) is 0.111. The Kier molecular flexibility index (Phi) is 6.97. The van der Waals surface area contributed by atoms with Crippen LogP contribution in [0.5, 0.6) is 0 Å². The second-order valence-electron chi connectivity index (χ2n) is 8.23. The number of imidazole rings is 1. The Morgan fingerprint density at radius 2 is 1.81 bits per heavy atom. The summed E-state index contributed by atoms with van der Waals surface area (Å²) in [6, 6.07) is 20.0. The molecule has 0 atom stereocenters. The molecule has 5 nitrogen and oxygen atoms in total. The van der Waals surface area contributed by atoms with Crippen LogP contribution in [0.25, 0.3) is 16.2 Å². The summed E-state index contributed by atoms with van der Waals surface area (Å²) in [6.45, 7) is 0.772. The molecule has 5 aromatic rings. The minimum Gasteiger partial charge on any atom is -0.320 e. The summed E-state index contributed by atoms with van der Waals surface area (Å²) < 4.78 is 29.0. The van der Waals surface area contributed by atoms with Gasteiger partial charge in [0.2, 0.25) is 0 Å². The molecule has 0 saturated carbocycles. The van der Waals surface area contributed by atoms with E-state index in [1.165, 1.54) is 17.4 Å². The molecule has 0 aliphatic heterocycles. The van der Waals surface area contributed by atoms with Crippen molar-refractivity contribution < 1.29 is 13.6 Å². The number of rotatable bonds is 7. The Hall–Kier alpha value is -3.75. The monoisotopic (exact) mass is 522 g/mol. The van der Waals surface area contributed by atoms with Crippen LogP contribution in [0.1, 0.15) is 11.3 Å². The van der Waals surface area contributed by atoms with Crippen molar-refractivity contribution in [3.05, 3.63) is 112 Å². The standard InChI is InChI=1S/C27H21ClF2N4OS/c28-20-8-6-19(7-9-20)25-16-34-22(17-36-27(34)32-25)12-13-33(15-18-4-2-1-3-5-18)26(35)31-21-10-11-23(29)24(30)14-21/h1-11,14,16-17H,12-13,15H2,(H,31,35). The van der Waals surface area contributed by atoms with Gasteiger partial charge in [-0.25, -0.2) is 18.6 Å². The third kappa shape index (κ3) is 5.40. The van der Waals surface area contributed by atoms with Crippen molar-refractivity contribution in [3.8, 4) is 11.3 Å². The van der Waals surface area contributed by atoms with Crippen LogP contribution in [-0.2, 0) is 13.0 Å². The number of aromatic nitrogens is 2. The molecule has 2 amide bonds. The predicted molar refractivity (Wildman–Crippen MR) is 139 cm³/mol. The van der Waals surface area contributed by atoms with Gasteiger partial charge in [0.25, 0.3) is 0 Å². The van der Waals surface area contributed by atoms with E-state index in [1.54, 1.807) is 4.90 Å².